The third kappa shape index (κ3) is 4.59. The van der Waals surface area contributed by atoms with E-state index in [0.717, 1.165) is 0 Å². The first-order valence-electron chi connectivity index (χ1n) is 9.75. The summed E-state index contributed by atoms with van der Waals surface area (Å²) in [6.07, 6.45) is 3.35. The number of amides is 1. The number of nitrogens with one attached hydrogen (secondary N) is 1. The van der Waals surface area contributed by atoms with Gasteiger partial charge in [-0.1, -0.05) is 30.3 Å². The zero-order chi connectivity index (χ0) is 22.5. The van der Waals surface area contributed by atoms with E-state index in [4.69, 9.17) is 5.11 Å². The topological polar surface area (TPSA) is 88.0 Å². The zero-order valence-corrected chi connectivity index (χ0v) is 16.7. The maximum atomic E-state index is 14.9. The van der Waals surface area contributed by atoms with Gasteiger partial charge in [0.25, 0.3) is 0 Å². The molecule has 1 aromatic carbocycles. The van der Waals surface area contributed by atoms with Gasteiger partial charge in [0, 0.05) is 36.0 Å². The highest BCUT2D eigenvalue weighted by atomic mass is 19.1. The number of hydrogen-bond acceptors (Lipinski definition) is 4. The number of halogens is 2. The van der Waals surface area contributed by atoms with Crippen LogP contribution in [0.3, 0.4) is 0 Å². The lowest BCUT2D eigenvalue weighted by atomic mass is 9.76. The molecule has 2 unspecified atom stereocenters. The standard InChI is InChI=1S/C24H18F2N4O2/c25-17-10-8-15(9-11-17)22(19-6-1-7-20(29-19)30-24(31)32)21(16-4-2-12-27-14-16)18-5-3-13-28-23(18)26/h1-14,21-22H,(H,29,30)(H,31,32). The minimum absolute atomic E-state index is 0.124. The van der Waals surface area contributed by atoms with Crippen LogP contribution in [0.4, 0.5) is 19.4 Å². The van der Waals surface area contributed by atoms with E-state index >= 15 is 0 Å². The van der Waals surface area contributed by atoms with Gasteiger partial charge in [-0.15, -0.1) is 0 Å². The van der Waals surface area contributed by atoms with Gasteiger partial charge in [-0.05, 0) is 47.5 Å². The first kappa shape index (κ1) is 21.0. The summed E-state index contributed by atoms with van der Waals surface area (Å²) in [6.45, 7) is 0. The van der Waals surface area contributed by atoms with Crippen molar-refractivity contribution in [2.24, 2.45) is 0 Å². The van der Waals surface area contributed by atoms with E-state index in [9.17, 15) is 13.6 Å². The smallest absolute Gasteiger partial charge is 0.410 e. The predicted molar refractivity (Wildman–Crippen MR) is 114 cm³/mol. The normalized spacial score (nSPS) is 12.7. The van der Waals surface area contributed by atoms with Gasteiger partial charge in [0.2, 0.25) is 5.95 Å². The summed E-state index contributed by atoms with van der Waals surface area (Å²) in [6, 6.07) is 17.6. The highest BCUT2D eigenvalue weighted by Gasteiger charge is 2.32. The summed E-state index contributed by atoms with van der Waals surface area (Å²) < 4.78 is 28.6. The Balaban J connectivity index is 1.95. The number of aromatic nitrogens is 3. The van der Waals surface area contributed by atoms with E-state index in [1.807, 2.05) is 6.07 Å². The lowest BCUT2D eigenvalue weighted by Crippen LogP contribution is -2.19. The van der Waals surface area contributed by atoms with Crippen LogP contribution in [-0.2, 0) is 0 Å². The number of carboxylic acid groups (broad SMARTS) is 1. The van der Waals surface area contributed by atoms with E-state index in [2.05, 4.69) is 20.3 Å². The second-order valence-corrected chi connectivity index (χ2v) is 7.05. The van der Waals surface area contributed by atoms with Crippen LogP contribution in [0.1, 0.15) is 34.2 Å². The number of anilines is 1. The third-order valence-electron chi connectivity index (χ3n) is 5.05. The first-order chi connectivity index (χ1) is 15.5. The number of hydrogen-bond donors (Lipinski definition) is 2. The maximum absolute atomic E-state index is 14.9. The maximum Gasteiger partial charge on any atom is 0.410 e. The molecule has 2 N–H and O–H groups in total. The molecule has 3 heterocycles. The molecule has 0 saturated heterocycles. The van der Waals surface area contributed by atoms with Gasteiger partial charge in [0.1, 0.15) is 11.6 Å². The molecule has 160 valence electrons. The van der Waals surface area contributed by atoms with Gasteiger partial charge < -0.3 is 5.11 Å². The Bertz CT molecular complexity index is 1220. The molecular weight excluding hydrogens is 414 g/mol. The first-order valence-corrected chi connectivity index (χ1v) is 9.75. The van der Waals surface area contributed by atoms with Crippen molar-refractivity contribution in [3.63, 3.8) is 0 Å². The van der Waals surface area contributed by atoms with Gasteiger partial charge in [-0.2, -0.15) is 4.39 Å². The Morgan fingerprint density at radius 1 is 0.875 bits per heavy atom. The van der Waals surface area contributed by atoms with Gasteiger partial charge in [0.05, 0.1) is 5.69 Å². The summed E-state index contributed by atoms with van der Waals surface area (Å²) in [4.78, 5) is 23.6. The molecule has 6 nitrogen and oxygen atoms in total. The fraction of sp³-hybridized carbons (Fsp3) is 0.0833. The Morgan fingerprint density at radius 2 is 1.66 bits per heavy atom. The average Bonchev–Trinajstić information content (AvgIpc) is 2.79. The largest absolute Gasteiger partial charge is 0.465 e. The summed E-state index contributed by atoms with van der Waals surface area (Å²) in [7, 11) is 0. The molecular formula is C24H18F2N4O2. The SMILES string of the molecule is O=C(O)Nc1cccc(C(c2ccc(F)cc2)C(c2cccnc2)c2cccnc2F)n1. The van der Waals surface area contributed by atoms with E-state index < -0.39 is 29.7 Å². The van der Waals surface area contributed by atoms with E-state index in [1.165, 1.54) is 24.4 Å². The molecule has 32 heavy (non-hydrogen) atoms. The van der Waals surface area contributed by atoms with Crippen molar-refractivity contribution in [1.29, 1.82) is 0 Å². The van der Waals surface area contributed by atoms with Crippen LogP contribution in [0.2, 0.25) is 0 Å². The Kier molecular flexibility index (Phi) is 6.12. The number of benzene rings is 1. The zero-order valence-electron chi connectivity index (χ0n) is 16.7. The van der Waals surface area contributed by atoms with Crippen LogP contribution in [0.5, 0.6) is 0 Å². The van der Waals surface area contributed by atoms with Crippen molar-refractivity contribution in [1.82, 2.24) is 15.0 Å². The van der Waals surface area contributed by atoms with Crippen LogP contribution >= 0.6 is 0 Å². The van der Waals surface area contributed by atoms with E-state index in [0.29, 0.717) is 22.4 Å². The average molecular weight is 432 g/mol. The number of rotatable bonds is 6. The van der Waals surface area contributed by atoms with Crippen LogP contribution in [0.15, 0.2) is 85.3 Å². The van der Waals surface area contributed by atoms with Gasteiger partial charge in [-0.25, -0.2) is 19.2 Å². The molecule has 0 aliphatic carbocycles. The number of pyridine rings is 3. The molecule has 4 rings (SSSR count). The van der Waals surface area contributed by atoms with Crippen molar-refractivity contribution in [3.05, 3.63) is 119 Å². The fourth-order valence-electron chi connectivity index (χ4n) is 3.75. The molecule has 0 saturated carbocycles. The lowest BCUT2D eigenvalue weighted by Gasteiger charge is -2.28. The minimum atomic E-state index is -1.25. The van der Waals surface area contributed by atoms with Gasteiger partial charge >= 0.3 is 6.09 Å². The highest BCUT2D eigenvalue weighted by Crippen LogP contribution is 2.42. The molecule has 1 amide bonds. The van der Waals surface area contributed by atoms with Crippen LogP contribution in [0.25, 0.3) is 0 Å². The predicted octanol–water partition coefficient (Wildman–Crippen LogP) is 5.20. The van der Waals surface area contributed by atoms with E-state index in [1.54, 1.807) is 54.9 Å². The van der Waals surface area contributed by atoms with Crippen LogP contribution in [-0.4, -0.2) is 26.2 Å². The quantitative estimate of drug-likeness (QED) is 0.409. The Labute approximate surface area is 182 Å². The van der Waals surface area contributed by atoms with Crippen molar-refractivity contribution in [2.75, 3.05) is 5.32 Å². The van der Waals surface area contributed by atoms with Gasteiger partial charge in [0.15, 0.2) is 0 Å². The fourth-order valence-corrected chi connectivity index (χ4v) is 3.75. The second kappa shape index (κ2) is 9.30. The summed E-state index contributed by atoms with van der Waals surface area (Å²) in [5, 5.41) is 11.3. The molecule has 3 aromatic heterocycles. The molecule has 0 spiro atoms. The van der Waals surface area contributed by atoms with E-state index in [-0.39, 0.29) is 5.82 Å². The second-order valence-electron chi connectivity index (χ2n) is 7.05. The third-order valence-corrected chi connectivity index (χ3v) is 5.05. The van der Waals surface area contributed by atoms with Crippen LogP contribution < -0.4 is 5.32 Å². The van der Waals surface area contributed by atoms with Gasteiger partial charge in [-0.3, -0.25) is 10.3 Å². The Hall–Kier alpha value is -4.20. The number of carbonyl (C=O) groups is 1. The van der Waals surface area contributed by atoms with Crippen molar-refractivity contribution < 1.29 is 18.7 Å². The van der Waals surface area contributed by atoms with Crippen molar-refractivity contribution in [2.45, 2.75) is 11.8 Å². The Morgan fingerprint density at radius 3 is 2.34 bits per heavy atom. The number of nitrogens with zero attached hydrogens (tertiary/aromatic N) is 3. The monoisotopic (exact) mass is 432 g/mol. The van der Waals surface area contributed by atoms with Crippen molar-refractivity contribution in [3.8, 4) is 0 Å². The molecule has 2 atom stereocenters. The molecule has 0 radical (unpaired) electrons. The molecule has 4 aromatic rings. The molecule has 0 aliphatic heterocycles. The highest BCUT2D eigenvalue weighted by molar-refractivity contribution is 5.81. The molecule has 8 heteroatoms. The minimum Gasteiger partial charge on any atom is -0.465 e. The molecule has 0 bridgehead atoms. The van der Waals surface area contributed by atoms with Crippen molar-refractivity contribution >= 4 is 11.9 Å². The summed E-state index contributed by atoms with van der Waals surface area (Å²) in [5.74, 6) is -2.14. The summed E-state index contributed by atoms with van der Waals surface area (Å²) >= 11 is 0. The van der Waals surface area contributed by atoms with Crippen LogP contribution in [0, 0.1) is 11.8 Å². The summed E-state index contributed by atoms with van der Waals surface area (Å²) in [5.41, 5.74) is 2.16. The lowest BCUT2D eigenvalue weighted by molar-refractivity contribution is 0.209. The molecule has 0 fully saturated rings. The molecule has 0 aliphatic rings.